The smallest absolute Gasteiger partial charge is 0.349 e. The molecule has 7 heteroatoms. The number of thiophene rings is 1. The summed E-state index contributed by atoms with van der Waals surface area (Å²) in [5.41, 5.74) is 0.424. The number of H-pyrrole nitrogens is 1. The molecule has 0 aliphatic rings. The van der Waals surface area contributed by atoms with E-state index in [1.807, 2.05) is 13.0 Å². The van der Waals surface area contributed by atoms with Crippen molar-refractivity contribution in [3.8, 4) is 0 Å². The van der Waals surface area contributed by atoms with Gasteiger partial charge < -0.3 is 9.72 Å². The average Bonchev–Trinajstić information content (AvgIpc) is 2.71. The molecule has 0 atom stereocenters. The summed E-state index contributed by atoms with van der Waals surface area (Å²) in [5, 5.41) is 0. The number of nitrogens with zero attached hydrogens (tertiary/aromatic N) is 1. The van der Waals surface area contributed by atoms with Crippen molar-refractivity contribution in [1.29, 1.82) is 0 Å². The van der Waals surface area contributed by atoms with E-state index in [1.165, 1.54) is 17.5 Å². The second-order valence-electron chi connectivity index (χ2n) is 3.85. The highest BCUT2D eigenvalue weighted by molar-refractivity contribution is 9.10. The zero-order chi connectivity index (χ0) is 13.8. The van der Waals surface area contributed by atoms with Crippen molar-refractivity contribution >= 4 is 33.2 Å². The van der Waals surface area contributed by atoms with E-state index in [1.54, 1.807) is 6.20 Å². The Morgan fingerprint density at radius 3 is 2.95 bits per heavy atom. The minimum Gasteiger partial charge on any atom is -0.461 e. The van der Waals surface area contributed by atoms with Gasteiger partial charge in [0.25, 0.3) is 0 Å². The number of carbonyl (C=O) groups excluding carboxylic acids is 1. The van der Waals surface area contributed by atoms with Crippen molar-refractivity contribution in [2.24, 2.45) is 0 Å². The first-order valence-electron chi connectivity index (χ1n) is 5.53. The van der Waals surface area contributed by atoms with Crippen LogP contribution in [0.5, 0.6) is 0 Å². The second-order valence-corrected chi connectivity index (χ2v) is 5.96. The van der Waals surface area contributed by atoms with Gasteiger partial charge >= 0.3 is 11.7 Å². The van der Waals surface area contributed by atoms with Gasteiger partial charge in [0.2, 0.25) is 0 Å². The normalized spacial score (nSPS) is 10.4. The molecule has 0 aliphatic heterocycles. The molecule has 0 unspecified atom stereocenters. The summed E-state index contributed by atoms with van der Waals surface area (Å²) in [6, 6.07) is 1.88. The minimum absolute atomic E-state index is 0.246. The van der Waals surface area contributed by atoms with E-state index in [9.17, 15) is 9.59 Å². The highest BCUT2D eigenvalue weighted by Crippen LogP contribution is 2.27. The van der Waals surface area contributed by atoms with Crippen LogP contribution in [0.15, 0.2) is 27.7 Å². The van der Waals surface area contributed by atoms with E-state index in [0.717, 1.165) is 14.9 Å². The maximum Gasteiger partial charge on any atom is 0.349 e. The van der Waals surface area contributed by atoms with Gasteiger partial charge in [-0.25, -0.2) is 14.6 Å². The SMILES string of the molecule is Cc1cc(Br)c(C(=O)OCCc2cnc(=O)[nH]c2)s1. The standard InChI is InChI=1S/C12H11BrN2O3S/c1-7-4-9(13)10(19-7)11(16)18-3-2-8-5-14-12(17)15-6-8/h4-6H,2-3H2,1H3,(H,14,15,17). The van der Waals surface area contributed by atoms with Crippen LogP contribution >= 0.6 is 27.3 Å². The van der Waals surface area contributed by atoms with Gasteiger partial charge in [0.05, 0.1) is 6.61 Å². The number of hydrogen-bond donors (Lipinski definition) is 1. The molecule has 2 rings (SSSR count). The minimum atomic E-state index is -0.390. The van der Waals surface area contributed by atoms with Crippen LogP contribution in [0, 0.1) is 6.92 Å². The van der Waals surface area contributed by atoms with Crippen LogP contribution < -0.4 is 5.69 Å². The Bertz CT molecular complexity index is 630. The zero-order valence-corrected chi connectivity index (χ0v) is 12.5. The van der Waals surface area contributed by atoms with Crippen LogP contribution in [0.4, 0.5) is 0 Å². The molecular weight excluding hydrogens is 332 g/mol. The quantitative estimate of drug-likeness (QED) is 0.865. The molecule has 0 saturated heterocycles. The van der Waals surface area contributed by atoms with Gasteiger partial charge in [-0.2, -0.15) is 0 Å². The lowest BCUT2D eigenvalue weighted by Crippen LogP contribution is -2.11. The van der Waals surface area contributed by atoms with Gasteiger partial charge in [-0.1, -0.05) is 0 Å². The van der Waals surface area contributed by atoms with Gasteiger partial charge in [-0.15, -0.1) is 11.3 Å². The van der Waals surface area contributed by atoms with Gasteiger partial charge in [0.1, 0.15) is 4.88 Å². The highest BCUT2D eigenvalue weighted by Gasteiger charge is 2.14. The number of aryl methyl sites for hydroxylation is 1. The number of rotatable bonds is 4. The molecular formula is C12H11BrN2O3S. The van der Waals surface area contributed by atoms with Gasteiger partial charge in [-0.05, 0) is 34.5 Å². The molecule has 0 amide bonds. The fraction of sp³-hybridized carbons (Fsp3) is 0.250. The molecule has 2 aromatic heterocycles. The number of carbonyl (C=O) groups is 1. The second kappa shape index (κ2) is 6.12. The Labute approximate surface area is 121 Å². The topological polar surface area (TPSA) is 72.0 Å². The predicted octanol–water partition coefficient (Wildman–Crippen LogP) is 2.30. The number of ether oxygens (including phenoxy) is 1. The summed E-state index contributed by atoms with van der Waals surface area (Å²) in [5.74, 6) is -0.345. The maximum absolute atomic E-state index is 11.8. The van der Waals surface area contributed by atoms with E-state index in [2.05, 4.69) is 25.9 Å². The lowest BCUT2D eigenvalue weighted by molar-refractivity contribution is 0.0514. The Morgan fingerprint density at radius 2 is 2.37 bits per heavy atom. The first kappa shape index (κ1) is 14.0. The van der Waals surface area contributed by atoms with Crippen molar-refractivity contribution < 1.29 is 9.53 Å². The predicted molar refractivity (Wildman–Crippen MR) is 75.6 cm³/mol. The van der Waals surface area contributed by atoms with Crippen LogP contribution in [0.1, 0.15) is 20.1 Å². The molecule has 0 radical (unpaired) electrons. The molecule has 0 aliphatic carbocycles. The molecule has 19 heavy (non-hydrogen) atoms. The number of aromatic amines is 1. The third-order valence-electron chi connectivity index (χ3n) is 2.35. The average molecular weight is 343 g/mol. The molecule has 5 nitrogen and oxygen atoms in total. The monoisotopic (exact) mass is 342 g/mol. The first-order chi connectivity index (χ1) is 9.06. The van der Waals surface area contributed by atoms with Gasteiger partial charge in [0.15, 0.2) is 0 Å². The van der Waals surface area contributed by atoms with E-state index in [0.29, 0.717) is 11.3 Å². The van der Waals surface area contributed by atoms with Crippen molar-refractivity contribution in [2.75, 3.05) is 6.61 Å². The van der Waals surface area contributed by atoms with E-state index < -0.39 is 5.69 Å². The Morgan fingerprint density at radius 1 is 1.58 bits per heavy atom. The first-order valence-corrected chi connectivity index (χ1v) is 7.14. The van der Waals surface area contributed by atoms with Crippen LogP contribution in [0.2, 0.25) is 0 Å². The van der Waals surface area contributed by atoms with Crippen LogP contribution in [-0.4, -0.2) is 22.5 Å². The van der Waals surface area contributed by atoms with E-state index in [4.69, 9.17) is 4.74 Å². The summed E-state index contributed by atoms with van der Waals surface area (Å²) in [7, 11) is 0. The van der Waals surface area contributed by atoms with Crippen LogP contribution in [-0.2, 0) is 11.2 Å². The van der Waals surface area contributed by atoms with Crippen molar-refractivity contribution in [3.63, 3.8) is 0 Å². The largest absolute Gasteiger partial charge is 0.461 e. The molecule has 0 spiro atoms. The molecule has 1 N–H and O–H groups in total. The molecule has 100 valence electrons. The number of aromatic nitrogens is 2. The van der Waals surface area contributed by atoms with Crippen molar-refractivity contribution in [2.45, 2.75) is 13.3 Å². The maximum atomic E-state index is 11.8. The number of hydrogen-bond acceptors (Lipinski definition) is 5. The highest BCUT2D eigenvalue weighted by atomic mass is 79.9. The van der Waals surface area contributed by atoms with Crippen LogP contribution in [0.25, 0.3) is 0 Å². The number of esters is 1. The Kier molecular flexibility index (Phi) is 4.49. The van der Waals surface area contributed by atoms with E-state index in [-0.39, 0.29) is 12.6 Å². The Balaban J connectivity index is 1.89. The summed E-state index contributed by atoms with van der Waals surface area (Å²) in [4.78, 5) is 30.3. The molecule has 0 saturated carbocycles. The molecule has 0 bridgehead atoms. The fourth-order valence-electron chi connectivity index (χ4n) is 1.46. The molecule has 0 fully saturated rings. The van der Waals surface area contributed by atoms with Gasteiger partial charge in [0, 0.05) is 28.2 Å². The number of nitrogens with one attached hydrogen (secondary N) is 1. The molecule has 2 heterocycles. The summed E-state index contributed by atoms with van der Waals surface area (Å²) in [6.45, 7) is 2.17. The van der Waals surface area contributed by atoms with E-state index >= 15 is 0 Å². The lowest BCUT2D eigenvalue weighted by Gasteiger charge is -2.03. The van der Waals surface area contributed by atoms with Gasteiger partial charge in [-0.3, -0.25) is 0 Å². The summed E-state index contributed by atoms with van der Waals surface area (Å²) >= 11 is 4.71. The number of halogens is 1. The van der Waals surface area contributed by atoms with Crippen molar-refractivity contribution in [1.82, 2.24) is 9.97 Å². The van der Waals surface area contributed by atoms with Crippen molar-refractivity contribution in [3.05, 3.63) is 48.7 Å². The lowest BCUT2D eigenvalue weighted by atomic mass is 10.2. The molecule has 0 aromatic carbocycles. The third kappa shape index (κ3) is 3.74. The summed E-state index contributed by atoms with van der Waals surface area (Å²) < 4.78 is 5.93. The third-order valence-corrected chi connectivity index (χ3v) is 4.27. The summed E-state index contributed by atoms with van der Waals surface area (Å²) in [6.07, 6.45) is 3.55. The Hall–Kier alpha value is -1.47. The zero-order valence-electron chi connectivity index (χ0n) is 10.1. The fourth-order valence-corrected chi connectivity index (χ4v) is 3.15. The molecule has 2 aromatic rings. The van der Waals surface area contributed by atoms with Crippen LogP contribution in [0.3, 0.4) is 0 Å².